The Morgan fingerprint density at radius 1 is 0.719 bits per heavy atom. The molecule has 0 spiro atoms. The third-order valence-corrected chi connectivity index (χ3v) is 6.47. The van der Waals surface area contributed by atoms with Gasteiger partial charge in [0.15, 0.2) is 0 Å². The standard InChI is InChI=1S/C26H28O5S/c27-23-22(18-29-16-19-10-4-1-5-11-19)31-26(32-21-14-8-3-9-15-21)25(24(23)28)30-17-20-12-6-2-7-13-20/h1-15,22-28H,16-18H2/t22-,23+,24+,25-,26+/m1/s1. The van der Waals surface area contributed by atoms with Gasteiger partial charge in [0.2, 0.25) is 0 Å². The fourth-order valence-electron chi connectivity index (χ4n) is 3.58. The van der Waals surface area contributed by atoms with Crippen LogP contribution in [0.3, 0.4) is 0 Å². The Bertz CT molecular complexity index is 923. The number of benzene rings is 3. The number of thioether (sulfide) groups is 1. The van der Waals surface area contributed by atoms with Gasteiger partial charge >= 0.3 is 0 Å². The molecule has 2 N–H and O–H groups in total. The average Bonchev–Trinajstić information content (AvgIpc) is 2.84. The van der Waals surface area contributed by atoms with Crippen molar-refractivity contribution in [3.05, 3.63) is 102 Å². The fraction of sp³-hybridized carbons (Fsp3) is 0.308. The largest absolute Gasteiger partial charge is 0.387 e. The molecule has 0 saturated carbocycles. The second-order valence-electron chi connectivity index (χ2n) is 7.72. The van der Waals surface area contributed by atoms with Crippen molar-refractivity contribution in [1.82, 2.24) is 0 Å². The normalized spacial score (nSPS) is 25.5. The van der Waals surface area contributed by atoms with Crippen LogP contribution in [0.5, 0.6) is 0 Å². The number of hydrogen-bond donors (Lipinski definition) is 2. The van der Waals surface area contributed by atoms with Crippen molar-refractivity contribution in [2.75, 3.05) is 6.61 Å². The Balaban J connectivity index is 1.43. The van der Waals surface area contributed by atoms with E-state index in [4.69, 9.17) is 14.2 Å². The summed E-state index contributed by atoms with van der Waals surface area (Å²) in [4.78, 5) is 0.998. The Labute approximate surface area is 193 Å². The number of ether oxygens (including phenoxy) is 3. The molecule has 0 aromatic heterocycles. The summed E-state index contributed by atoms with van der Waals surface area (Å²) in [7, 11) is 0. The Kier molecular flexibility index (Phi) is 8.34. The van der Waals surface area contributed by atoms with E-state index in [0.717, 1.165) is 16.0 Å². The van der Waals surface area contributed by atoms with Crippen LogP contribution in [-0.4, -0.2) is 46.7 Å². The zero-order chi connectivity index (χ0) is 22.2. The summed E-state index contributed by atoms with van der Waals surface area (Å²) in [5.41, 5.74) is 1.54. The molecule has 0 aliphatic carbocycles. The molecule has 1 heterocycles. The summed E-state index contributed by atoms with van der Waals surface area (Å²) in [5, 5.41) is 21.7. The molecule has 5 atom stereocenters. The van der Waals surface area contributed by atoms with Crippen molar-refractivity contribution in [1.29, 1.82) is 0 Å². The number of hydrogen-bond acceptors (Lipinski definition) is 6. The quantitative estimate of drug-likeness (QED) is 0.511. The van der Waals surface area contributed by atoms with Crippen LogP contribution in [0.4, 0.5) is 0 Å². The molecule has 32 heavy (non-hydrogen) atoms. The van der Waals surface area contributed by atoms with E-state index in [1.807, 2.05) is 91.0 Å². The van der Waals surface area contributed by atoms with Gasteiger partial charge in [0.25, 0.3) is 0 Å². The zero-order valence-electron chi connectivity index (χ0n) is 17.7. The van der Waals surface area contributed by atoms with Crippen LogP contribution >= 0.6 is 11.8 Å². The lowest BCUT2D eigenvalue weighted by Crippen LogP contribution is -2.58. The summed E-state index contributed by atoms with van der Waals surface area (Å²) in [6.45, 7) is 0.901. The van der Waals surface area contributed by atoms with Crippen molar-refractivity contribution >= 4 is 11.8 Å². The first kappa shape index (κ1) is 23.0. The van der Waals surface area contributed by atoms with Crippen molar-refractivity contribution in [3.8, 4) is 0 Å². The molecule has 1 aliphatic rings. The number of aliphatic hydroxyl groups is 2. The van der Waals surface area contributed by atoms with Crippen LogP contribution in [0.2, 0.25) is 0 Å². The maximum Gasteiger partial charge on any atom is 0.137 e. The molecule has 1 fully saturated rings. The lowest BCUT2D eigenvalue weighted by molar-refractivity contribution is -0.225. The zero-order valence-corrected chi connectivity index (χ0v) is 18.5. The first-order valence-electron chi connectivity index (χ1n) is 10.7. The molecule has 6 heteroatoms. The highest BCUT2D eigenvalue weighted by atomic mass is 32.2. The predicted molar refractivity (Wildman–Crippen MR) is 124 cm³/mol. The average molecular weight is 453 g/mol. The van der Waals surface area contributed by atoms with E-state index in [1.54, 1.807) is 0 Å². The summed E-state index contributed by atoms with van der Waals surface area (Å²) in [6, 6.07) is 29.4. The molecular formula is C26H28O5S. The van der Waals surface area contributed by atoms with Crippen LogP contribution < -0.4 is 0 Å². The summed E-state index contributed by atoms with van der Waals surface area (Å²) >= 11 is 1.47. The molecule has 3 aromatic carbocycles. The molecule has 0 amide bonds. The summed E-state index contributed by atoms with van der Waals surface area (Å²) < 4.78 is 18.1. The van der Waals surface area contributed by atoms with Gasteiger partial charge in [0.05, 0.1) is 19.8 Å². The number of rotatable bonds is 9. The van der Waals surface area contributed by atoms with E-state index >= 15 is 0 Å². The van der Waals surface area contributed by atoms with E-state index in [-0.39, 0.29) is 6.61 Å². The van der Waals surface area contributed by atoms with Crippen LogP contribution in [0.25, 0.3) is 0 Å². The van der Waals surface area contributed by atoms with Crippen molar-refractivity contribution < 1.29 is 24.4 Å². The van der Waals surface area contributed by atoms with E-state index in [9.17, 15) is 10.2 Å². The maximum atomic E-state index is 10.9. The van der Waals surface area contributed by atoms with Gasteiger partial charge in [-0.1, -0.05) is 90.6 Å². The van der Waals surface area contributed by atoms with Crippen molar-refractivity contribution in [2.45, 2.75) is 48.0 Å². The van der Waals surface area contributed by atoms with Gasteiger partial charge < -0.3 is 24.4 Å². The minimum absolute atomic E-state index is 0.171. The summed E-state index contributed by atoms with van der Waals surface area (Å²) in [6.07, 6.45) is -3.56. The van der Waals surface area contributed by atoms with Crippen LogP contribution in [0, 0.1) is 0 Å². The van der Waals surface area contributed by atoms with Gasteiger partial charge in [-0.3, -0.25) is 0 Å². The van der Waals surface area contributed by atoms with Crippen LogP contribution in [0.15, 0.2) is 95.9 Å². The first-order valence-corrected chi connectivity index (χ1v) is 11.6. The molecular weight excluding hydrogens is 424 g/mol. The van der Waals surface area contributed by atoms with Gasteiger partial charge in [-0.2, -0.15) is 0 Å². The van der Waals surface area contributed by atoms with E-state index in [0.29, 0.717) is 13.2 Å². The van der Waals surface area contributed by atoms with E-state index < -0.39 is 29.9 Å². The predicted octanol–water partition coefficient (Wildman–Crippen LogP) is 4.03. The maximum absolute atomic E-state index is 10.9. The van der Waals surface area contributed by atoms with Crippen molar-refractivity contribution in [3.63, 3.8) is 0 Å². The van der Waals surface area contributed by atoms with E-state index in [1.165, 1.54) is 11.8 Å². The molecule has 4 rings (SSSR count). The molecule has 3 aromatic rings. The first-order chi connectivity index (χ1) is 15.7. The number of aliphatic hydroxyl groups excluding tert-OH is 2. The highest BCUT2D eigenvalue weighted by Gasteiger charge is 2.45. The van der Waals surface area contributed by atoms with Gasteiger partial charge in [-0.15, -0.1) is 0 Å². The SMILES string of the molecule is O[C@@H]1[C@H](O)[C@@H](OCc2ccccc2)[C@H](Sc2ccccc2)O[C@@H]1COCc1ccccc1. The molecule has 0 unspecified atom stereocenters. The fourth-order valence-corrected chi connectivity index (χ4v) is 4.74. The lowest BCUT2D eigenvalue weighted by atomic mass is 10.00. The Morgan fingerprint density at radius 2 is 1.28 bits per heavy atom. The molecule has 1 aliphatic heterocycles. The molecule has 1 saturated heterocycles. The van der Waals surface area contributed by atoms with Gasteiger partial charge in [-0.25, -0.2) is 0 Å². The third kappa shape index (κ3) is 6.19. The molecule has 168 valence electrons. The minimum atomic E-state index is -1.11. The summed E-state index contributed by atoms with van der Waals surface area (Å²) in [5.74, 6) is 0. The van der Waals surface area contributed by atoms with Gasteiger partial charge in [0.1, 0.15) is 29.9 Å². The molecule has 0 bridgehead atoms. The molecule has 5 nitrogen and oxygen atoms in total. The van der Waals surface area contributed by atoms with Crippen molar-refractivity contribution in [2.24, 2.45) is 0 Å². The van der Waals surface area contributed by atoms with E-state index in [2.05, 4.69) is 0 Å². The highest BCUT2D eigenvalue weighted by molar-refractivity contribution is 7.99. The van der Waals surface area contributed by atoms with Crippen LogP contribution in [0.1, 0.15) is 11.1 Å². The lowest BCUT2D eigenvalue weighted by Gasteiger charge is -2.42. The van der Waals surface area contributed by atoms with Gasteiger partial charge in [-0.05, 0) is 23.3 Å². The highest BCUT2D eigenvalue weighted by Crippen LogP contribution is 2.35. The third-order valence-electron chi connectivity index (χ3n) is 5.32. The second-order valence-corrected chi connectivity index (χ2v) is 8.89. The smallest absolute Gasteiger partial charge is 0.137 e. The second kappa shape index (κ2) is 11.6. The molecule has 0 radical (unpaired) electrons. The Hall–Kier alpha value is -2.19. The Morgan fingerprint density at radius 3 is 1.91 bits per heavy atom. The van der Waals surface area contributed by atoms with Crippen LogP contribution in [-0.2, 0) is 27.4 Å². The minimum Gasteiger partial charge on any atom is -0.387 e. The van der Waals surface area contributed by atoms with Gasteiger partial charge in [0, 0.05) is 4.90 Å². The topological polar surface area (TPSA) is 68.2 Å². The monoisotopic (exact) mass is 452 g/mol.